The van der Waals surface area contributed by atoms with Gasteiger partial charge in [0.2, 0.25) is 0 Å². The molecule has 1 saturated carbocycles. The topological polar surface area (TPSA) is 59.0 Å². The zero-order valence-corrected chi connectivity index (χ0v) is 12.8. The first-order valence-corrected chi connectivity index (χ1v) is 7.63. The molecule has 0 bridgehead atoms. The Labute approximate surface area is 121 Å². The van der Waals surface area contributed by atoms with Gasteiger partial charge in [-0.2, -0.15) is 5.10 Å². The molecule has 2 amide bonds. The standard InChI is InChI=1S/C15H26N4O/c1-11-12(2)18-19(13(11)3)10-9-16-15(20)17-14-7-5-4-6-8-14/h14H,4-10H2,1-3H3,(H2,16,17,20). The number of nitrogens with zero attached hydrogens (tertiary/aromatic N) is 2. The maximum atomic E-state index is 11.8. The van der Waals surface area contributed by atoms with E-state index in [1.807, 2.05) is 11.6 Å². The Hall–Kier alpha value is -1.52. The van der Waals surface area contributed by atoms with Crippen LogP contribution in [0.15, 0.2) is 0 Å². The first kappa shape index (κ1) is 14.9. The van der Waals surface area contributed by atoms with Crippen LogP contribution in [0.3, 0.4) is 0 Å². The minimum absolute atomic E-state index is 0.0462. The highest BCUT2D eigenvalue weighted by molar-refractivity contribution is 5.74. The smallest absolute Gasteiger partial charge is 0.315 e. The highest BCUT2D eigenvalue weighted by Gasteiger charge is 2.15. The van der Waals surface area contributed by atoms with Gasteiger partial charge in [0, 0.05) is 18.3 Å². The van der Waals surface area contributed by atoms with E-state index < -0.39 is 0 Å². The normalized spacial score (nSPS) is 16.1. The van der Waals surface area contributed by atoms with E-state index >= 15 is 0 Å². The number of amides is 2. The Morgan fingerprint density at radius 1 is 1.25 bits per heavy atom. The van der Waals surface area contributed by atoms with Crippen molar-refractivity contribution in [3.8, 4) is 0 Å². The number of nitrogens with one attached hydrogen (secondary N) is 2. The third kappa shape index (κ3) is 3.74. The van der Waals surface area contributed by atoms with Crippen LogP contribution in [0.25, 0.3) is 0 Å². The quantitative estimate of drug-likeness (QED) is 0.888. The van der Waals surface area contributed by atoms with Gasteiger partial charge >= 0.3 is 6.03 Å². The zero-order valence-electron chi connectivity index (χ0n) is 12.8. The third-order valence-electron chi connectivity index (χ3n) is 4.29. The number of hydrogen-bond acceptors (Lipinski definition) is 2. The van der Waals surface area contributed by atoms with E-state index in [9.17, 15) is 4.79 Å². The lowest BCUT2D eigenvalue weighted by molar-refractivity contribution is 0.232. The second-order valence-electron chi connectivity index (χ2n) is 5.75. The molecule has 1 aliphatic rings. The van der Waals surface area contributed by atoms with Gasteiger partial charge in [0.15, 0.2) is 0 Å². The average molecular weight is 278 g/mol. The summed E-state index contributed by atoms with van der Waals surface area (Å²) in [6.07, 6.45) is 6.00. The number of hydrogen-bond donors (Lipinski definition) is 2. The van der Waals surface area contributed by atoms with Crippen LogP contribution >= 0.6 is 0 Å². The van der Waals surface area contributed by atoms with Gasteiger partial charge in [-0.3, -0.25) is 4.68 Å². The van der Waals surface area contributed by atoms with E-state index in [1.54, 1.807) is 0 Å². The van der Waals surface area contributed by atoms with Crippen molar-refractivity contribution in [3.05, 3.63) is 17.0 Å². The van der Waals surface area contributed by atoms with Gasteiger partial charge in [0.25, 0.3) is 0 Å². The average Bonchev–Trinajstić information content (AvgIpc) is 2.67. The van der Waals surface area contributed by atoms with Crippen LogP contribution in [0.1, 0.15) is 49.1 Å². The van der Waals surface area contributed by atoms with Crippen LogP contribution in [0.4, 0.5) is 4.79 Å². The molecule has 0 aliphatic heterocycles. The number of carbonyl (C=O) groups excluding carboxylic acids is 1. The Bertz CT molecular complexity index is 461. The molecule has 1 heterocycles. The molecule has 2 N–H and O–H groups in total. The summed E-state index contributed by atoms with van der Waals surface area (Å²) in [7, 11) is 0. The second-order valence-corrected chi connectivity index (χ2v) is 5.75. The first-order valence-electron chi connectivity index (χ1n) is 7.63. The lowest BCUT2D eigenvalue weighted by Crippen LogP contribution is -2.43. The van der Waals surface area contributed by atoms with Crippen molar-refractivity contribution in [1.82, 2.24) is 20.4 Å². The van der Waals surface area contributed by atoms with E-state index in [4.69, 9.17) is 0 Å². The van der Waals surface area contributed by atoms with E-state index in [2.05, 4.69) is 29.6 Å². The summed E-state index contributed by atoms with van der Waals surface area (Å²) in [5.74, 6) is 0. The molecule has 0 unspecified atom stereocenters. The van der Waals surface area contributed by atoms with Gasteiger partial charge in [-0.05, 0) is 39.2 Å². The highest BCUT2D eigenvalue weighted by Crippen LogP contribution is 2.17. The molecule has 0 radical (unpaired) electrons. The summed E-state index contributed by atoms with van der Waals surface area (Å²) in [5.41, 5.74) is 3.47. The molecule has 1 aromatic heterocycles. The van der Waals surface area contributed by atoms with Crippen molar-refractivity contribution in [1.29, 1.82) is 0 Å². The minimum atomic E-state index is -0.0462. The van der Waals surface area contributed by atoms with Gasteiger partial charge < -0.3 is 10.6 Å². The van der Waals surface area contributed by atoms with E-state index in [0.717, 1.165) is 25.1 Å². The summed E-state index contributed by atoms with van der Waals surface area (Å²) >= 11 is 0. The molecule has 0 spiro atoms. The first-order chi connectivity index (χ1) is 9.58. The lowest BCUT2D eigenvalue weighted by Gasteiger charge is -2.22. The van der Waals surface area contributed by atoms with Crippen molar-refractivity contribution < 1.29 is 4.79 Å². The number of urea groups is 1. The van der Waals surface area contributed by atoms with Crippen molar-refractivity contribution >= 4 is 6.03 Å². The summed E-state index contributed by atoms with van der Waals surface area (Å²) in [6, 6.07) is 0.315. The molecule has 5 heteroatoms. The predicted octanol–water partition coefficient (Wildman–Crippen LogP) is 2.44. The fraction of sp³-hybridized carbons (Fsp3) is 0.733. The van der Waals surface area contributed by atoms with Crippen LogP contribution in [-0.4, -0.2) is 28.4 Å². The summed E-state index contributed by atoms with van der Waals surface area (Å²) in [6.45, 7) is 7.50. The van der Waals surface area contributed by atoms with Gasteiger partial charge in [-0.25, -0.2) is 4.79 Å². The molecule has 0 aromatic carbocycles. The summed E-state index contributed by atoms with van der Waals surface area (Å²) in [4.78, 5) is 11.8. The van der Waals surface area contributed by atoms with E-state index in [1.165, 1.54) is 30.5 Å². The SMILES string of the molecule is Cc1nn(CCNC(=O)NC2CCCCC2)c(C)c1C. The van der Waals surface area contributed by atoms with Crippen molar-refractivity contribution in [3.63, 3.8) is 0 Å². The fourth-order valence-corrected chi connectivity index (χ4v) is 2.76. The third-order valence-corrected chi connectivity index (χ3v) is 4.29. The predicted molar refractivity (Wildman–Crippen MR) is 79.8 cm³/mol. The summed E-state index contributed by atoms with van der Waals surface area (Å²) < 4.78 is 1.96. The van der Waals surface area contributed by atoms with Crippen molar-refractivity contribution in [2.24, 2.45) is 0 Å². The minimum Gasteiger partial charge on any atom is -0.336 e. The van der Waals surface area contributed by atoms with Crippen LogP contribution < -0.4 is 10.6 Å². The van der Waals surface area contributed by atoms with Crippen molar-refractivity contribution in [2.75, 3.05) is 6.54 Å². The molecule has 112 valence electrons. The largest absolute Gasteiger partial charge is 0.336 e. The molecule has 0 atom stereocenters. The molecule has 1 aromatic rings. The number of carbonyl (C=O) groups is 1. The number of aromatic nitrogens is 2. The van der Waals surface area contributed by atoms with Crippen LogP contribution in [-0.2, 0) is 6.54 Å². The Kier molecular flexibility index (Phi) is 5.04. The molecule has 1 aliphatic carbocycles. The molecule has 0 saturated heterocycles. The van der Waals surface area contributed by atoms with E-state index in [-0.39, 0.29) is 6.03 Å². The molecule has 5 nitrogen and oxygen atoms in total. The maximum Gasteiger partial charge on any atom is 0.315 e. The van der Waals surface area contributed by atoms with Crippen molar-refractivity contribution in [2.45, 2.75) is 65.5 Å². The lowest BCUT2D eigenvalue weighted by atomic mass is 9.96. The van der Waals surface area contributed by atoms with E-state index in [0.29, 0.717) is 12.6 Å². The van der Waals surface area contributed by atoms with Crippen LogP contribution in [0.2, 0.25) is 0 Å². The Morgan fingerprint density at radius 3 is 2.55 bits per heavy atom. The molecular formula is C15H26N4O. The highest BCUT2D eigenvalue weighted by atomic mass is 16.2. The second kappa shape index (κ2) is 6.77. The number of rotatable bonds is 4. The fourth-order valence-electron chi connectivity index (χ4n) is 2.76. The molecule has 1 fully saturated rings. The van der Waals surface area contributed by atoms with Gasteiger partial charge in [0.1, 0.15) is 0 Å². The van der Waals surface area contributed by atoms with Crippen LogP contribution in [0.5, 0.6) is 0 Å². The number of aryl methyl sites for hydroxylation is 1. The zero-order chi connectivity index (χ0) is 14.5. The Morgan fingerprint density at radius 2 is 1.95 bits per heavy atom. The molecule has 20 heavy (non-hydrogen) atoms. The molecule has 2 rings (SSSR count). The Balaban J connectivity index is 1.72. The van der Waals surface area contributed by atoms with Crippen LogP contribution in [0, 0.1) is 20.8 Å². The van der Waals surface area contributed by atoms with Gasteiger partial charge in [-0.1, -0.05) is 19.3 Å². The maximum absolute atomic E-state index is 11.8. The summed E-state index contributed by atoms with van der Waals surface area (Å²) in [5, 5.41) is 10.4. The van der Waals surface area contributed by atoms with Gasteiger partial charge in [0.05, 0.1) is 12.2 Å². The monoisotopic (exact) mass is 278 g/mol. The van der Waals surface area contributed by atoms with Gasteiger partial charge in [-0.15, -0.1) is 0 Å². The molecular weight excluding hydrogens is 252 g/mol.